The van der Waals surface area contributed by atoms with Crippen LogP contribution in [0.4, 0.5) is 0 Å². The highest BCUT2D eigenvalue weighted by molar-refractivity contribution is 5.79. The van der Waals surface area contributed by atoms with Crippen LogP contribution in [0.25, 0.3) is 11.4 Å². The van der Waals surface area contributed by atoms with E-state index in [1.807, 2.05) is 0 Å². The molecule has 0 aliphatic carbocycles. The molecule has 0 bridgehead atoms. The number of amides is 1. The Morgan fingerprint density at radius 3 is 2.34 bits per heavy atom. The van der Waals surface area contributed by atoms with Gasteiger partial charge in [0.25, 0.3) is 0 Å². The van der Waals surface area contributed by atoms with E-state index in [1.165, 1.54) is 16.7 Å². The molecule has 0 spiro atoms. The Hall–Kier alpha value is -2.99. The first-order chi connectivity index (χ1) is 16.7. The maximum absolute atomic E-state index is 12.9. The minimum absolute atomic E-state index is 0.0466. The molecule has 2 heterocycles. The molecule has 0 saturated carbocycles. The van der Waals surface area contributed by atoms with E-state index in [0.717, 1.165) is 37.9 Å². The molecular formula is C29H38N4O2. The number of nitrogens with one attached hydrogen (secondary N) is 1. The Kier molecular flexibility index (Phi) is 7.70. The molecule has 1 amide bonds. The lowest BCUT2D eigenvalue weighted by Gasteiger charge is -2.31. The molecule has 4 rings (SSSR count). The molecule has 1 N–H and O–H groups in total. The first-order valence-corrected chi connectivity index (χ1v) is 12.8. The van der Waals surface area contributed by atoms with E-state index in [1.54, 1.807) is 0 Å². The van der Waals surface area contributed by atoms with Crippen molar-refractivity contribution in [2.24, 2.45) is 5.92 Å². The summed E-state index contributed by atoms with van der Waals surface area (Å²) in [6, 6.07) is 16.9. The molecule has 1 fully saturated rings. The van der Waals surface area contributed by atoms with Crippen molar-refractivity contribution >= 4 is 5.91 Å². The quantitative estimate of drug-likeness (QED) is 0.467. The number of benzene rings is 2. The second-order valence-corrected chi connectivity index (χ2v) is 10.8. The number of carbonyl (C=O) groups excluding carboxylic acids is 1. The number of carbonyl (C=O) groups is 1. The van der Waals surface area contributed by atoms with E-state index in [9.17, 15) is 4.79 Å². The highest BCUT2D eigenvalue weighted by Crippen LogP contribution is 2.26. The van der Waals surface area contributed by atoms with Gasteiger partial charge in [-0.15, -0.1) is 0 Å². The monoisotopic (exact) mass is 474 g/mol. The number of hydrogen-bond donors (Lipinski definition) is 1. The zero-order valence-electron chi connectivity index (χ0n) is 21.7. The molecule has 1 saturated heterocycles. The average molecular weight is 475 g/mol. The van der Waals surface area contributed by atoms with E-state index in [-0.39, 0.29) is 23.3 Å². The normalized spacial score (nSPS) is 16.3. The summed E-state index contributed by atoms with van der Waals surface area (Å²) >= 11 is 0. The molecule has 1 aliphatic rings. The lowest BCUT2D eigenvalue weighted by atomic mass is 9.87. The number of likely N-dealkylation sites (tertiary alicyclic amines) is 1. The van der Waals surface area contributed by atoms with Gasteiger partial charge >= 0.3 is 0 Å². The van der Waals surface area contributed by atoms with Gasteiger partial charge in [0.15, 0.2) is 0 Å². The predicted molar refractivity (Wildman–Crippen MR) is 139 cm³/mol. The van der Waals surface area contributed by atoms with Gasteiger partial charge in [-0.05, 0) is 55.8 Å². The zero-order chi connectivity index (χ0) is 25.0. The second kappa shape index (κ2) is 10.7. The Morgan fingerprint density at radius 2 is 1.74 bits per heavy atom. The van der Waals surface area contributed by atoms with Crippen LogP contribution < -0.4 is 5.32 Å². The number of piperidine rings is 1. The lowest BCUT2D eigenvalue weighted by molar-refractivity contribution is -0.127. The summed E-state index contributed by atoms with van der Waals surface area (Å²) in [6.45, 7) is 13.1. The summed E-state index contributed by atoms with van der Waals surface area (Å²) < 4.78 is 5.54. The topological polar surface area (TPSA) is 71.3 Å². The summed E-state index contributed by atoms with van der Waals surface area (Å²) in [5.74, 6) is 1.45. The third kappa shape index (κ3) is 6.37. The van der Waals surface area contributed by atoms with Gasteiger partial charge in [-0.2, -0.15) is 4.98 Å². The molecule has 0 radical (unpaired) electrons. The standard InChI is InChI=1S/C29H38N4O2/c1-6-25(21-9-7-20(2)8-10-21)30-28(34)23-15-17-33(18-16-23)19-26-31-27(32-35-26)22-11-13-24(14-12-22)29(3,4)5/h7-14,23,25H,6,15-19H2,1-5H3,(H,30,34). The van der Waals surface area contributed by atoms with E-state index in [0.29, 0.717) is 18.3 Å². The van der Waals surface area contributed by atoms with Gasteiger partial charge in [0.1, 0.15) is 0 Å². The van der Waals surface area contributed by atoms with Crippen LogP contribution in [0.3, 0.4) is 0 Å². The van der Waals surface area contributed by atoms with Gasteiger partial charge in [0.05, 0.1) is 12.6 Å². The molecule has 186 valence electrons. The summed E-state index contributed by atoms with van der Waals surface area (Å²) in [5, 5.41) is 7.46. The SMILES string of the molecule is CCC(NC(=O)C1CCN(Cc2nc(-c3ccc(C(C)(C)C)cc3)no2)CC1)c1ccc(C)cc1. The van der Waals surface area contributed by atoms with Crippen LogP contribution in [-0.4, -0.2) is 34.0 Å². The summed E-state index contributed by atoms with van der Waals surface area (Å²) in [6.07, 6.45) is 2.56. The third-order valence-corrected chi connectivity index (χ3v) is 7.00. The fourth-order valence-corrected chi connectivity index (χ4v) is 4.61. The maximum atomic E-state index is 12.9. The van der Waals surface area contributed by atoms with E-state index in [2.05, 4.69) is 104 Å². The van der Waals surface area contributed by atoms with Crippen LogP contribution in [0.5, 0.6) is 0 Å². The van der Waals surface area contributed by atoms with Crippen LogP contribution in [0.2, 0.25) is 0 Å². The summed E-state index contributed by atoms with van der Waals surface area (Å²) in [7, 11) is 0. The van der Waals surface area contributed by atoms with Gasteiger partial charge in [-0.25, -0.2) is 0 Å². The zero-order valence-corrected chi connectivity index (χ0v) is 21.7. The molecule has 1 atom stereocenters. The highest BCUT2D eigenvalue weighted by Gasteiger charge is 2.27. The van der Waals surface area contributed by atoms with Crippen LogP contribution in [-0.2, 0) is 16.8 Å². The van der Waals surface area contributed by atoms with Crippen LogP contribution in [0, 0.1) is 12.8 Å². The minimum Gasteiger partial charge on any atom is -0.349 e. The third-order valence-electron chi connectivity index (χ3n) is 7.00. The van der Waals surface area contributed by atoms with Crippen molar-refractivity contribution in [3.8, 4) is 11.4 Å². The van der Waals surface area contributed by atoms with Gasteiger partial charge in [-0.3, -0.25) is 9.69 Å². The molecule has 6 nitrogen and oxygen atoms in total. The van der Waals surface area contributed by atoms with Crippen molar-refractivity contribution in [1.29, 1.82) is 0 Å². The van der Waals surface area contributed by atoms with Crippen LogP contribution in [0.1, 0.15) is 75.6 Å². The van der Waals surface area contributed by atoms with Crippen LogP contribution >= 0.6 is 0 Å². The predicted octanol–water partition coefficient (Wildman–Crippen LogP) is 5.82. The van der Waals surface area contributed by atoms with Crippen molar-refractivity contribution in [2.75, 3.05) is 13.1 Å². The van der Waals surface area contributed by atoms with Crippen molar-refractivity contribution in [3.05, 3.63) is 71.1 Å². The molecule has 35 heavy (non-hydrogen) atoms. The Bertz CT molecular complexity index is 1100. The van der Waals surface area contributed by atoms with Gasteiger partial charge in [0, 0.05) is 11.5 Å². The summed E-state index contributed by atoms with van der Waals surface area (Å²) in [4.78, 5) is 19.9. The molecule has 6 heteroatoms. The molecular weight excluding hydrogens is 436 g/mol. The first kappa shape index (κ1) is 25.1. The fourth-order valence-electron chi connectivity index (χ4n) is 4.61. The first-order valence-electron chi connectivity index (χ1n) is 12.8. The number of hydrogen-bond acceptors (Lipinski definition) is 5. The number of aryl methyl sites for hydroxylation is 1. The smallest absolute Gasteiger partial charge is 0.241 e. The van der Waals surface area contributed by atoms with Crippen molar-refractivity contribution in [2.45, 2.75) is 71.9 Å². The lowest BCUT2D eigenvalue weighted by Crippen LogP contribution is -2.41. The molecule has 1 unspecified atom stereocenters. The average Bonchev–Trinajstić information content (AvgIpc) is 3.31. The fraction of sp³-hybridized carbons (Fsp3) is 0.483. The Labute approximate surface area is 209 Å². The van der Waals surface area contributed by atoms with Crippen molar-refractivity contribution in [1.82, 2.24) is 20.4 Å². The minimum atomic E-state index is 0.0466. The number of rotatable bonds is 7. The van der Waals surface area contributed by atoms with Gasteiger partial charge in [-0.1, -0.05) is 86.9 Å². The van der Waals surface area contributed by atoms with Crippen molar-refractivity contribution < 1.29 is 9.32 Å². The largest absolute Gasteiger partial charge is 0.349 e. The van der Waals surface area contributed by atoms with Crippen molar-refractivity contribution in [3.63, 3.8) is 0 Å². The van der Waals surface area contributed by atoms with E-state index in [4.69, 9.17) is 4.52 Å². The molecule has 2 aromatic carbocycles. The highest BCUT2D eigenvalue weighted by atomic mass is 16.5. The van der Waals surface area contributed by atoms with Crippen LogP contribution in [0.15, 0.2) is 53.1 Å². The van der Waals surface area contributed by atoms with Gasteiger partial charge in [0.2, 0.25) is 17.6 Å². The van der Waals surface area contributed by atoms with E-state index >= 15 is 0 Å². The second-order valence-electron chi connectivity index (χ2n) is 10.8. The molecule has 1 aliphatic heterocycles. The van der Waals surface area contributed by atoms with E-state index < -0.39 is 0 Å². The number of aromatic nitrogens is 2. The Balaban J connectivity index is 1.28. The molecule has 1 aromatic heterocycles. The maximum Gasteiger partial charge on any atom is 0.241 e. The Morgan fingerprint density at radius 1 is 1.09 bits per heavy atom. The molecule has 3 aromatic rings. The number of nitrogens with zero attached hydrogens (tertiary/aromatic N) is 3. The van der Waals surface area contributed by atoms with Gasteiger partial charge < -0.3 is 9.84 Å². The summed E-state index contributed by atoms with van der Waals surface area (Å²) in [5.41, 5.74) is 4.75.